The normalized spacial score (nSPS) is 12.6. The molecule has 114 valence electrons. The van der Waals surface area contributed by atoms with Crippen LogP contribution in [0.5, 0.6) is 0 Å². The van der Waals surface area contributed by atoms with Crippen molar-refractivity contribution in [2.75, 3.05) is 0 Å². The van der Waals surface area contributed by atoms with Gasteiger partial charge in [-0.15, -0.1) is 0 Å². The molecule has 3 aromatic heterocycles. The lowest BCUT2D eigenvalue weighted by Gasteiger charge is -2.07. The van der Waals surface area contributed by atoms with Crippen molar-refractivity contribution in [3.63, 3.8) is 0 Å². The molecule has 0 bridgehead atoms. The summed E-state index contributed by atoms with van der Waals surface area (Å²) < 4.78 is 0. The van der Waals surface area contributed by atoms with Gasteiger partial charge in [-0.2, -0.15) is 0 Å². The molecular weight excluding hydrogens is 310 g/mol. The number of nitrogens with one attached hydrogen (secondary N) is 1. The van der Waals surface area contributed by atoms with E-state index in [1.54, 1.807) is 30.9 Å². The molecular formula is C17H14ClN5. The Hall–Kier alpha value is -2.66. The maximum absolute atomic E-state index is 7.63. The Morgan fingerprint density at radius 2 is 2.13 bits per heavy atom. The van der Waals surface area contributed by atoms with Crippen molar-refractivity contribution in [1.82, 2.24) is 15.0 Å². The lowest BCUT2D eigenvalue weighted by Crippen LogP contribution is -2.03. The van der Waals surface area contributed by atoms with E-state index in [2.05, 4.69) is 19.9 Å². The minimum absolute atomic E-state index is 0.246. The van der Waals surface area contributed by atoms with Gasteiger partial charge in [0.25, 0.3) is 0 Å². The van der Waals surface area contributed by atoms with Crippen LogP contribution in [0.4, 0.5) is 0 Å². The smallest absolute Gasteiger partial charge is 0.129 e. The van der Waals surface area contributed by atoms with Crippen LogP contribution in [0.3, 0.4) is 0 Å². The van der Waals surface area contributed by atoms with E-state index in [1.807, 2.05) is 24.3 Å². The van der Waals surface area contributed by atoms with Gasteiger partial charge >= 0.3 is 0 Å². The summed E-state index contributed by atoms with van der Waals surface area (Å²) in [7, 11) is 0. The first-order chi connectivity index (χ1) is 11.3. The van der Waals surface area contributed by atoms with Crippen LogP contribution in [0.15, 0.2) is 53.9 Å². The van der Waals surface area contributed by atoms with Gasteiger partial charge in [-0.3, -0.25) is 15.0 Å². The highest BCUT2D eigenvalue weighted by molar-refractivity contribution is 6.29. The fourth-order valence-corrected chi connectivity index (χ4v) is 2.32. The third kappa shape index (κ3) is 3.76. The van der Waals surface area contributed by atoms with E-state index in [-0.39, 0.29) is 5.92 Å². The molecule has 0 aromatic carbocycles. The lowest BCUT2D eigenvalue weighted by molar-refractivity contribution is 1.04. The van der Waals surface area contributed by atoms with Gasteiger partial charge in [0.05, 0.1) is 23.5 Å². The van der Waals surface area contributed by atoms with Crippen molar-refractivity contribution >= 4 is 35.1 Å². The van der Waals surface area contributed by atoms with Gasteiger partial charge in [0, 0.05) is 31.0 Å². The van der Waals surface area contributed by atoms with Crippen LogP contribution in [-0.4, -0.2) is 27.4 Å². The molecule has 5 nitrogen and oxygen atoms in total. The summed E-state index contributed by atoms with van der Waals surface area (Å²) >= 11 is 5.92. The minimum atomic E-state index is -0.246. The number of halogens is 1. The highest BCUT2D eigenvalue weighted by atomic mass is 35.5. The molecule has 3 rings (SSSR count). The Balaban J connectivity index is 1.81. The van der Waals surface area contributed by atoms with Crippen molar-refractivity contribution in [3.8, 4) is 0 Å². The van der Waals surface area contributed by atoms with E-state index in [4.69, 9.17) is 17.0 Å². The number of fused-ring (bicyclic) bond motifs is 1. The maximum Gasteiger partial charge on any atom is 0.129 e. The molecule has 0 aliphatic carbocycles. The van der Waals surface area contributed by atoms with Crippen molar-refractivity contribution in [2.24, 2.45) is 4.99 Å². The zero-order valence-electron chi connectivity index (χ0n) is 12.2. The van der Waals surface area contributed by atoms with E-state index >= 15 is 0 Å². The fourth-order valence-electron chi connectivity index (χ4n) is 2.17. The first kappa shape index (κ1) is 15.2. The molecule has 6 heteroatoms. The Morgan fingerprint density at radius 3 is 2.91 bits per heavy atom. The Labute approximate surface area is 138 Å². The van der Waals surface area contributed by atoms with Gasteiger partial charge in [-0.25, -0.2) is 4.98 Å². The molecule has 0 fully saturated rings. The molecule has 0 spiro atoms. The molecule has 1 N–H and O–H groups in total. The summed E-state index contributed by atoms with van der Waals surface area (Å²) in [5.41, 5.74) is 3.37. The summed E-state index contributed by atoms with van der Waals surface area (Å²) in [5.74, 6) is -0.246. The first-order valence-electron chi connectivity index (χ1n) is 7.08. The Bertz CT molecular complexity index is 848. The summed E-state index contributed by atoms with van der Waals surface area (Å²) in [6, 6.07) is 9.26. The number of aliphatic imine (C=N–C) groups is 1. The van der Waals surface area contributed by atoms with Crippen LogP contribution < -0.4 is 0 Å². The average Bonchev–Trinajstić information content (AvgIpc) is 2.59. The Kier molecular flexibility index (Phi) is 4.68. The number of pyridine rings is 3. The summed E-state index contributed by atoms with van der Waals surface area (Å²) in [5, 5.41) is 8.05. The van der Waals surface area contributed by atoms with Gasteiger partial charge in [0.15, 0.2) is 0 Å². The molecule has 0 radical (unpaired) electrons. The third-order valence-electron chi connectivity index (χ3n) is 3.35. The average molecular weight is 324 g/mol. The molecule has 1 atom stereocenters. The zero-order valence-corrected chi connectivity index (χ0v) is 13.0. The highest BCUT2D eigenvalue weighted by Crippen LogP contribution is 2.18. The summed E-state index contributed by atoms with van der Waals surface area (Å²) in [6.07, 6.45) is 8.32. The predicted molar refractivity (Wildman–Crippen MR) is 92.5 cm³/mol. The van der Waals surface area contributed by atoms with E-state index in [0.29, 0.717) is 17.2 Å². The number of aromatic nitrogens is 3. The van der Waals surface area contributed by atoms with Crippen LogP contribution in [0, 0.1) is 5.41 Å². The van der Waals surface area contributed by atoms with Gasteiger partial charge < -0.3 is 5.41 Å². The topological polar surface area (TPSA) is 74.9 Å². The van der Waals surface area contributed by atoms with Crippen LogP contribution in [0.1, 0.15) is 17.0 Å². The van der Waals surface area contributed by atoms with Gasteiger partial charge in [-0.05, 0) is 35.4 Å². The number of nitrogens with zero attached hydrogens (tertiary/aromatic N) is 4. The van der Waals surface area contributed by atoms with E-state index in [0.717, 1.165) is 16.6 Å². The predicted octanol–water partition coefficient (Wildman–Crippen LogP) is 3.68. The van der Waals surface area contributed by atoms with Crippen LogP contribution in [0.2, 0.25) is 5.15 Å². The maximum atomic E-state index is 7.63. The van der Waals surface area contributed by atoms with Crippen LogP contribution >= 0.6 is 11.6 Å². The van der Waals surface area contributed by atoms with Crippen LogP contribution in [0.25, 0.3) is 11.0 Å². The third-order valence-corrected chi connectivity index (χ3v) is 3.56. The molecule has 0 aliphatic rings. The second-order valence-corrected chi connectivity index (χ2v) is 5.37. The standard InChI is InChI=1S/C17H14ClN5/c18-17-4-3-15-16(23-17)6-13(11-22-15)14(7-19)10-21-9-12-2-1-5-20-8-12/h1-8,10-11,14,19H,9H2. The molecule has 0 amide bonds. The minimum Gasteiger partial charge on any atom is -0.312 e. The second kappa shape index (κ2) is 7.07. The zero-order chi connectivity index (χ0) is 16.1. The second-order valence-electron chi connectivity index (χ2n) is 4.98. The van der Waals surface area contributed by atoms with Crippen LogP contribution in [-0.2, 0) is 6.54 Å². The van der Waals surface area contributed by atoms with Crippen molar-refractivity contribution in [2.45, 2.75) is 12.5 Å². The molecule has 1 unspecified atom stereocenters. The molecule has 3 heterocycles. The van der Waals surface area contributed by atoms with Gasteiger partial charge in [0.2, 0.25) is 0 Å². The molecule has 0 saturated carbocycles. The van der Waals surface area contributed by atoms with Gasteiger partial charge in [0.1, 0.15) is 5.15 Å². The largest absolute Gasteiger partial charge is 0.312 e. The van der Waals surface area contributed by atoms with Crippen molar-refractivity contribution in [1.29, 1.82) is 5.41 Å². The molecule has 3 aromatic rings. The number of hydrogen-bond donors (Lipinski definition) is 1. The molecule has 0 aliphatic heterocycles. The fraction of sp³-hybridized carbons (Fsp3) is 0.118. The molecule has 23 heavy (non-hydrogen) atoms. The van der Waals surface area contributed by atoms with E-state index in [1.165, 1.54) is 6.21 Å². The van der Waals surface area contributed by atoms with Crippen molar-refractivity contribution < 1.29 is 0 Å². The van der Waals surface area contributed by atoms with E-state index in [9.17, 15) is 0 Å². The summed E-state index contributed by atoms with van der Waals surface area (Å²) in [6.45, 7) is 0.531. The molecule has 0 saturated heterocycles. The lowest BCUT2D eigenvalue weighted by atomic mass is 10.0. The van der Waals surface area contributed by atoms with Crippen molar-refractivity contribution in [3.05, 3.63) is 65.2 Å². The monoisotopic (exact) mass is 323 g/mol. The van der Waals surface area contributed by atoms with Gasteiger partial charge in [-0.1, -0.05) is 17.7 Å². The summed E-state index contributed by atoms with van der Waals surface area (Å²) in [4.78, 5) is 17.1. The number of rotatable bonds is 5. The number of hydrogen-bond acceptors (Lipinski definition) is 5. The quantitative estimate of drug-likeness (QED) is 0.575. The van der Waals surface area contributed by atoms with E-state index < -0.39 is 0 Å². The SMILES string of the molecule is N=CC(C=NCc1cccnc1)c1cnc2ccc(Cl)nc2c1. The first-order valence-corrected chi connectivity index (χ1v) is 7.46. The highest BCUT2D eigenvalue weighted by Gasteiger charge is 2.08. The Morgan fingerprint density at radius 1 is 1.22 bits per heavy atom.